The number of piperidine rings is 1. The first-order chi connectivity index (χ1) is 17.0. The minimum atomic E-state index is -0.643. The highest BCUT2D eigenvalue weighted by atomic mass is 16.5. The van der Waals surface area contributed by atoms with Crippen molar-refractivity contribution in [2.45, 2.75) is 32.9 Å². The number of carbonyl (C=O) groups is 1. The van der Waals surface area contributed by atoms with E-state index < -0.39 is 6.10 Å². The number of aliphatic hydroxyl groups excluding tert-OH is 1. The van der Waals surface area contributed by atoms with Crippen molar-refractivity contribution >= 4 is 5.97 Å². The minimum Gasteiger partial charge on any atom is -0.466 e. The molecule has 0 spiro atoms. The van der Waals surface area contributed by atoms with E-state index in [2.05, 4.69) is 26.9 Å². The van der Waals surface area contributed by atoms with Gasteiger partial charge in [-0.05, 0) is 49.9 Å². The van der Waals surface area contributed by atoms with Gasteiger partial charge in [0.25, 0.3) is 0 Å². The van der Waals surface area contributed by atoms with Crippen LogP contribution in [0.15, 0.2) is 47.2 Å². The van der Waals surface area contributed by atoms with Gasteiger partial charge in [-0.15, -0.1) is 0 Å². The summed E-state index contributed by atoms with van der Waals surface area (Å²) in [6, 6.07) is 9.92. The lowest BCUT2D eigenvalue weighted by Gasteiger charge is -2.17. The fraction of sp³-hybridized carbons (Fsp3) is 0.444. The maximum Gasteiger partial charge on any atom is 0.307 e. The Kier molecular flexibility index (Phi) is 6.71. The first kappa shape index (κ1) is 23.3. The molecule has 0 radical (unpaired) electrons. The number of imidazole rings is 1. The molecule has 0 bridgehead atoms. The van der Waals surface area contributed by atoms with Gasteiger partial charge in [-0.1, -0.05) is 17.0 Å². The number of nitrogens with zero attached hydrogens (tertiary/aromatic N) is 4. The summed E-state index contributed by atoms with van der Waals surface area (Å²) >= 11 is 0. The second kappa shape index (κ2) is 10.1. The lowest BCUT2D eigenvalue weighted by Crippen LogP contribution is -2.27. The quantitative estimate of drug-likeness (QED) is 0.396. The van der Waals surface area contributed by atoms with Crippen LogP contribution in [0.5, 0.6) is 0 Å². The monoisotopic (exact) mass is 474 g/mol. The van der Waals surface area contributed by atoms with Crippen molar-refractivity contribution in [3.8, 4) is 23.2 Å². The van der Waals surface area contributed by atoms with Gasteiger partial charge in [0.05, 0.1) is 19.6 Å². The van der Waals surface area contributed by atoms with Crippen LogP contribution in [0.4, 0.5) is 0 Å². The number of aliphatic hydroxyl groups is 1. The summed E-state index contributed by atoms with van der Waals surface area (Å²) in [5, 5.41) is 14.0. The number of carbonyl (C=O) groups excluding carboxylic acids is 1. The van der Waals surface area contributed by atoms with Crippen LogP contribution < -0.4 is 0 Å². The molecule has 182 valence electrons. The molecule has 1 aliphatic carbocycles. The Balaban J connectivity index is 1.13. The number of aromatic nitrogens is 3. The van der Waals surface area contributed by atoms with E-state index in [0.717, 1.165) is 36.5 Å². The van der Waals surface area contributed by atoms with E-state index in [4.69, 9.17) is 9.26 Å². The van der Waals surface area contributed by atoms with Gasteiger partial charge in [-0.3, -0.25) is 4.79 Å². The summed E-state index contributed by atoms with van der Waals surface area (Å²) in [5.74, 6) is 9.66. The van der Waals surface area contributed by atoms with Crippen molar-refractivity contribution in [2.75, 3.05) is 26.2 Å². The molecule has 8 nitrogen and oxygen atoms in total. The van der Waals surface area contributed by atoms with Crippen LogP contribution in [0.1, 0.15) is 43.5 Å². The normalized spacial score (nSPS) is 21.7. The summed E-state index contributed by atoms with van der Waals surface area (Å²) in [6.45, 7) is 7.28. The van der Waals surface area contributed by atoms with Gasteiger partial charge in [-0.25, -0.2) is 4.98 Å². The summed E-state index contributed by atoms with van der Waals surface area (Å²) in [4.78, 5) is 18.1. The third-order valence-corrected chi connectivity index (χ3v) is 6.77. The fourth-order valence-corrected chi connectivity index (χ4v) is 4.90. The van der Waals surface area contributed by atoms with Crippen molar-refractivity contribution < 1.29 is 19.2 Å². The summed E-state index contributed by atoms with van der Waals surface area (Å²) < 4.78 is 12.4. The Hall–Kier alpha value is -3.41. The minimum absolute atomic E-state index is 0.113. The van der Waals surface area contributed by atoms with E-state index in [1.165, 1.54) is 0 Å². The molecule has 1 aromatic carbocycles. The molecule has 3 heterocycles. The van der Waals surface area contributed by atoms with Gasteiger partial charge in [0.1, 0.15) is 17.6 Å². The van der Waals surface area contributed by atoms with Crippen LogP contribution in [0.3, 0.4) is 0 Å². The number of esters is 1. The number of rotatable bonds is 8. The first-order valence-corrected chi connectivity index (χ1v) is 12.2. The molecule has 1 saturated heterocycles. The molecule has 1 saturated carbocycles. The zero-order valence-corrected chi connectivity index (χ0v) is 20.1. The molecule has 2 fully saturated rings. The molecule has 5 rings (SSSR count). The Morgan fingerprint density at radius 1 is 1.29 bits per heavy atom. The number of fused-ring (bicyclic) bond motifs is 1. The van der Waals surface area contributed by atoms with Crippen LogP contribution in [-0.2, 0) is 16.1 Å². The molecule has 8 heteroatoms. The highest BCUT2D eigenvalue weighted by Gasteiger charge is 2.54. The predicted molar refractivity (Wildman–Crippen MR) is 129 cm³/mol. The average Bonchev–Trinajstić information content (AvgIpc) is 3.33. The molecule has 1 N–H and O–H groups in total. The van der Waals surface area contributed by atoms with Gasteiger partial charge in [0.15, 0.2) is 5.76 Å². The van der Waals surface area contributed by atoms with Gasteiger partial charge in [0, 0.05) is 55.1 Å². The average molecular weight is 475 g/mol. The predicted octanol–water partition coefficient (Wildman–Crippen LogP) is 3.12. The van der Waals surface area contributed by atoms with E-state index in [0.29, 0.717) is 48.9 Å². The number of likely N-dealkylation sites (tertiary alicyclic amines) is 1. The number of ether oxygens (including phenoxy) is 1. The number of hydrogen-bond acceptors (Lipinski definition) is 7. The molecule has 4 atom stereocenters. The van der Waals surface area contributed by atoms with Crippen LogP contribution in [0, 0.1) is 29.6 Å². The van der Waals surface area contributed by atoms with Gasteiger partial charge >= 0.3 is 5.97 Å². The largest absolute Gasteiger partial charge is 0.466 e. The molecule has 2 aromatic heterocycles. The van der Waals surface area contributed by atoms with Crippen molar-refractivity contribution in [2.24, 2.45) is 17.8 Å². The van der Waals surface area contributed by atoms with Crippen LogP contribution in [-0.4, -0.2) is 56.9 Å². The zero-order chi connectivity index (χ0) is 24.4. The van der Waals surface area contributed by atoms with Crippen molar-refractivity contribution in [1.82, 2.24) is 19.6 Å². The SMILES string of the molecule is CCOC(=O)CCN1C[C@@H]2[C@H](C#Cc3ccc(-c4cc(Cn5ccnc5[C@H](C)O)no4)cc3)[C@@H]2C1. The van der Waals surface area contributed by atoms with E-state index in [-0.39, 0.29) is 5.97 Å². The molecule has 1 aliphatic heterocycles. The van der Waals surface area contributed by atoms with E-state index in [1.54, 1.807) is 13.1 Å². The van der Waals surface area contributed by atoms with Crippen LogP contribution >= 0.6 is 0 Å². The highest BCUT2D eigenvalue weighted by molar-refractivity contribution is 5.69. The van der Waals surface area contributed by atoms with Gasteiger partial charge in [0.2, 0.25) is 0 Å². The Labute approximate surface area is 204 Å². The first-order valence-electron chi connectivity index (χ1n) is 12.2. The molecular weight excluding hydrogens is 444 g/mol. The van der Waals surface area contributed by atoms with Crippen LogP contribution in [0.25, 0.3) is 11.3 Å². The summed E-state index contributed by atoms with van der Waals surface area (Å²) in [7, 11) is 0. The number of benzene rings is 1. The Morgan fingerprint density at radius 3 is 2.77 bits per heavy atom. The molecular formula is C27H30N4O4. The maximum atomic E-state index is 11.5. The molecule has 2 aliphatic rings. The standard InChI is InChI=1S/C27H30N4O4/c1-3-34-26(33)10-12-30-16-23-22(24(23)17-30)9-6-19-4-7-20(8-5-19)25-14-21(29-35-25)15-31-13-11-28-27(31)18(2)32/h4-5,7-8,11,13-14,18,22-24,32H,3,10,12,15-17H2,1-2H3/t18-,22-,23+,24-/m0/s1. The smallest absolute Gasteiger partial charge is 0.307 e. The second-order valence-electron chi connectivity index (χ2n) is 9.29. The maximum absolute atomic E-state index is 11.5. The van der Waals surface area contributed by atoms with Gasteiger partial charge in [-0.2, -0.15) is 0 Å². The van der Waals surface area contributed by atoms with Crippen molar-refractivity contribution in [3.05, 3.63) is 59.8 Å². The van der Waals surface area contributed by atoms with Gasteiger partial charge < -0.3 is 23.8 Å². The van der Waals surface area contributed by atoms with Crippen molar-refractivity contribution in [1.29, 1.82) is 0 Å². The second-order valence-corrected chi connectivity index (χ2v) is 9.29. The third kappa shape index (κ3) is 5.31. The fourth-order valence-electron chi connectivity index (χ4n) is 4.90. The van der Waals surface area contributed by atoms with E-state index >= 15 is 0 Å². The molecule has 3 aromatic rings. The van der Waals surface area contributed by atoms with Crippen molar-refractivity contribution in [3.63, 3.8) is 0 Å². The van der Waals surface area contributed by atoms with E-state index in [1.807, 2.05) is 48.0 Å². The Morgan fingerprint density at radius 2 is 2.06 bits per heavy atom. The molecule has 0 amide bonds. The zero-order valence-electron chi connectivity index (χ0n) is 20.1. The summed E-state index contributed by atoms with van der Waals surface area (Å²) in [6.07, 6.45) is 3.31. The highest BCUT2D eigenvalue weighted by Crippen LogP contribution is 2.51. The molecule has 0 unspecified atom stereocenters. The van der Waals surface area contributed by atoms with E-state index in [9.17, 15) is 9.90 Å². The summed E-state index contributed by atoms with van der Waals surface area (Å²) in [5.41, 5.74) is 2.69. The third-order valence-electron chi connectivity index (χ3n) is 6.77. The van der Waals surface area contributed by atoms with Crippen LogP contribution in [0.2, 0.25) is 0 Å². The Bertz CT molecular complexity index is 1220. The topological polar surface area (TPSA) is 93.6 Å². The number of hydrogen-bond donors (Lipinski definition) is 1. The molecule has 35 heavy (non-hydrogen) atoms. The lowest BCUT2D eigenvalue weighted by molar-refractivity contribution is -0.143. The lowest BCUT2D eigenvalue weighted by atomic mass is 10.1.